The number of benzene rings is 1. The average molecular weight is 399 g/mol. The van der Waals surface area contributed by atoms with Crippen LogP contribution in [0.1, 0.15) is 73.4 Å². The van der Waals surface area contributed by atoms with Gasteiger partial charge in [-0.1, -0.05) is 57.5 Å². The van der Waals surface area contributed by atoms with Crippen molar-refractivity contribution in [2.24, 2.45) is 0 Å². The summed E-state index contributed by atoms with van der Waals surface area (Å²) >= 11 is 9.25. The predicted molar refractivity (Wildman–Crippen MR) is 111 cm³/mol. The highest BCUT2D eigenvalue weighted by atomic mass is 79.9. The fourth-order valence-electron chi connectivity index (χ4n) is 2.37. The van der Waals surface area contributed by atoms with Gasteiger partial charge in [0, 0.05) is 15.7 Å². The Morgan fingerprint density at radius 2 is 1.35 bits per heavy atom. The molecule has 0 atom stereocenters. The maximum atomic E-state index is 5.50. The minimum atomic E-state index is -0.0613. The van der Waals surface area contributed by atoms with Crippen LogP contribution in [0.3, 0.4) is 0 Å². The van der Waals surface area contributed by atoms with E-state index in [-0.39, 0.29) is 16.4 Å². The lowest BCUT2D eigenvalue weighted by Gasteiger charge is -2.30. The molecule has 2 N–H and O–H groups in total. The molecule has 1 aromatic rings. The van der Waals surface area contributed by atoms with Crippen molar-refractivity contribution in [3.8, 4) is 0 Å². The summed E-state index contributed by atoms with van der Waals surface area (Å²) in [5.74, 6) is 0. The Morgan fingerprint density at radius 3 is 1.74 bits per heavy atom. The maximum absolute atomic E-state index is 5.50. The van der Waals surface area contributed by atoms with Crippen molar-refractivity contribution in [2.45, 2.75) is 78.7 Å². The molecular formula is C19H31BrN2S. The topological polar surface area (TPSA) is 24.1 Å². The first-order valence-electron chi connectivity index (χ1n) is 8.05. The molecule has 0 saturated heterocycles. The molecule has 0 bridgehead atoms. The van der Waals surface area contributed by atoms with Gasteiger partial charge in [0.2, 0.25) is 0 Å². The van der Waals surface area contributed by atoms with E-state index in [9.17, 15) is 0 Å². The first kappa shape index (κ1) is 20.4. The first-order chi connectivity index (χ1) is 10.1. The summed E-state index contributed by atoms with van der Waals surface area (Å²) in [4.78, 5) is 0. The van der Waals surface area contributed by atoms with Gasteiger partial charge in [-0.15, -0.1) is 0 Å². The quantitative estimate of drug-likeness (QED) is 0.556. The lowest BCUT2D eigenvalue weighted by atomic mass is 9.81. The third-order valence-electron chi connectivity index (χ3n) is 3.46. The first-order valence-corrected chi connectivity index (χ1v) is 9.25. The summed E-state index contributed by atoms with van der Waals surface area (Å²) in [6.07, 6.45) is 0. The highest BCUT2D eigenvalue weighted by molar-refractivity contribution is 9.10. The molecule has 0 spiro atoms. The van der Waals surface area contributed by atoms with Gasteiger partial charge >= 0.3 is 0 Å². The summed E-state index contributed by atoms with van der Waals surface area (Å²) in [5, 5.41) is 7.40. The zero-order valence-electron chi connectivity index (χ0n) is 15.9. The molecule has 0 aliphatic carbocycles. The van der Waals surface area contributed by atoms with Gasteiger partial charge in [-0.2, -0.15) is 0 Å². The van der Waals surface area contributed by atoms with Crippen molar-refractivity contribution >= 4 is 38.9 Å². The largest absolute Gasteiger partial charge is 0.358 e. The summed E-state index contributed by atoms with van der Waals surface area (Å²) in [5.41, 5.74) is 3.62. The fraction of sp³-hybridized carbons (Fsp3) is 0.632. The van der Waals surface area contributed by atoms with Crippen LogP contribution in [0, 0.1) is 0 Å². The van der Waals surface area contributed by atoms with Crippen molar-refractivity contribution < 1.29 is 0 Å². The van der Waals surface area contributed by atoms with Crippen LogP contribution in [-0.2, 0) is 10.8 Å². The number of hydrogen-bond donors (Lipinski definition) is 2. The van der Waals surface area contributed by atoms with Gasteiger partial charge in [-0.05, 0) is 67.1 Å². The van der Waals surface area contributed by atoms with E-state index in [2.05, 4.69) is 101 Å². The Labute approximate surface area is 156 Å². The minimum Gasteiger partial charge on any atom is -0.358 e. The molecule has 4 heteroatoms. The molecule has 0 aliphatic rings. The van der Waals surface area contributed by atoms with Gasteiger partial charge in [0.1, 0.15) is 0 Å². The molecule has 0 fully saturated rings. The van der Waals surface area contributed by atoms with E-state index < -0.39 is 0 Å². The van der Waals surface area contributed by atoms with Gasteiger partial charge in [0.25, 0.3) is 0 Å². The maximum Gasteiger partial charge on any atom is 0.171 e. The van der Waals surface area contributed by atoms with E-state index in [1.807, 2.05) is 0 Å². The molecule has 1 rings (SSSR count). The zero-order chi connectivity index (χ0) is 18.2. The van der Waals surface area contributed by atoms with E-state index >= 15 is 0 Å². The molecule has 0 unspecified atom stereocenters. The van der Waals surface area contributed by atoms with Gasteiger partial charge < -0.3 is 10.6 Å². The minimum absolute atomic E-state index is 0.0264. The zero-order valence-corrected chi connectivity index (χ0v) is 18.3. The fourth-order valence-corrected chi connectivity index (χ4v) is 3.72. The van der Waals surface area contributed by atoms with E-state index in [4.69, 9.17) is 12.2 Å². The molecule has 0 amide bonds. The standard InChI is InChI=1S/C19H31BrN2S/c1-17(2,3)12-11-15(21-16(23)22-19(7,8)9)13(10-14(12)20)18(4,5)6/h10-11H,1-9H3,(H2,21,22,23). The summed E-state index contributed by atoms with van der Waals surface area (Å²) < 4.78 is 1.15. The Balaban J connectivity index is 3.34. The lowest BCUT2D eigenvalue weighted by Crippen LogP contribution is -2.43. The Bertz CT molecular complexity index is 587. The van der Waals surface area contributed by atoms with Crippen LogP contribution in [0.2, 0.25) is 0 Å². The Morgan fingerprint density at radius 1 is 0.870 bits per heavy atom. The highest BCUT2D eigenvalue weighted by Crippen LogP contribution is 2.38. The Hall–Kier alpha value is -0.610. The Kier molecular flexibility index (Phi) is 5.97. The van der Waals surface area contributed by atoms with Gasteiger partial charge in [0.05, 0.1) is 0 Å². The normalized spacial score (nSPS) is 13.0. The number of thiocarbonyl (C=S) groups is 1. The van der Waals surface area contributed by atoms with Crippen molar-refractivity contribution in [2.75, 3.05) is 5.32 Å². The number of nitrogens with one attached hydrogen (secondary N) is 2. The highest BCUT2D eigenvalue weighted by Gasteiger charge is 2.25. The number of anilines is 1. The molecule has 0 heterocycles. The van der Waals surface area contributed by atoms with Crippen molar-refractivity contribution in [1.82, 2.24) is 5.32 Å². The lowest BCUT2D eigenvalue weighted by molar-refractivity contribution is 0.514. The van der Waals surface area contributed by atoms with Gasteiger partial charge in [-0.25, -0.2) is 0 Å². The molecule has 130 valence electrons. The van der Waals surface area contributed by atoms with Crippen molar-refractivity contribution in [3.05, 3.63) is 27.7 Å². The van der Waals surface area contributed by atoms with E-state index in [0.29, 0.717) is 5.11 Å². The van der Waals surface area contributed by atoms with Crippen LogP contribution in [0.4, 0.5) is 5.69 Å². The molecule has 0 saturated carbocycles. The predicted octanol–water partition coefficient (Wildman–Crippen LogP) is 6.13. The number of hydrogen-bond acceptors (Lipinski definition) is 1. The van der Waals surface area contributed by atoms with Crippen molar-refractivity contribution in [1.29, 1.82) is 0 Å². The second-order valence-corrected chi connectivity index (χ2v) is 10.5. The van der Waals surface area contributed by atoms with Crippen molar-refractivity contribution in [3.63, 3.8) is 0 Å². The smallest absolute Gasteiger partial charge is 0.171 e. The summed E-state index contributed by atoms with van der Waals surface area (Å²) in [7, 11) is 0. The molecule has 0 radical (unpaired) electrons. The molecule has 2 nitrogen and oxygen atoms in total. The monoisotopic (exact) mass is 398 g/mol. The number of rotatable bonds is 1. The van der Waals surface area contributed by atoms with Crippen LogP contribution in [0.15, 0.2) is 16.6 Å². The van der Waals surface area contributed by atoms with Crippen LogP contribution in [-0.4, -0.2) is 10.7 Å². The van der Waals surface area contributed by atoms with Crippen LogP contribution in [0.5, 0.6) is 0 Å². The molecule has 0 aliphatic heterocycles. The second kappa shape index (κ2) is 6.72. The molecular weight excluding hydrogens is 368 g/mol. The molecule has 1 aromatic carbocycles. The summed E-state index contributed by atoms with van der Waals surface area (Å²) in [6.45, 7) is 19.6. The molecule has 0 aromatic heterocycles. The van der Waals surface area contributed by atoms with Gasteiger partial charge in [0.15, 0.2) is 5.11 Å². The van der Waals surface area contributed by atoms with E-state index in [0.717, 1.165) is 10.2 Å². The summed E-state index contributed by atoms with van der Waals surface area (Å²) in [6, 6.07) is 4.45. The third-order valence-corrected chi connectivity index (χ3v) is 4.32. The van der Waals surface area contributed by atoms with Gasteiger partial charge in [-0.3, -0.25) is 0 Å². The SMILES string of the molecule is CC(C)(C)NC(=S)Nc1cc(C(C)(C)C)c(Br)cc1C(C)(C)C. The third kappa shape index (κ3) is 6.07. The molecule has 23 heavy (non-hydrogen) atoms. The van der Waals surface area contributed by atoms with E-state index in [1.54, 1.807) is 0 Å². The van der Waals surface area contributed by atoms with Crippen LogP contribution in [0.25, 0.3) is 0 Å². The number of halogens is 1. The second-order valence-electron chi connectivity index (χ2n) is 9.21. The average Bonchev–Trinajstić information content (AvgIpc) is 2.25. The van der Waals surface area contributed by atoms with Crippen LogP contribution >= 0.6 is 28.1 Å². The van der Waals surface area contributed by atoms with Crippen LogP contribution < -0.4 is 10.6 Å². The van der Waals surface area contributed by atoms with E-state index in [1.165, 1.54) is 11.1 Å².